The molecule has 0 unspecified atom stereocenters. The Kier molecular flexibility index (Phi) is 3.88. The van der Waals surface area contributed by atoms with Gasteiger partial charge in [-0.05, 0) is 48.9 Å². The second-order valence-corrected chi connectivity index (χ2v) is 5.28. The molecule has 0 aliphatic heterocycles. The minimum Gasteiger partial charge on any atom is -0.452 e. The van der Waals surface area contributed by atoms with Gasteiger partial charge in [-0.2, -0.15) is 0 Å². The lowest BCUT2D eigenvalue weighted by atomic mass is 9.98. The molecule has 0 fully saturated rings. The maximum absolute atomic E-state index is 11.7. The molecule has 2 aromatic rings. The number of benzene rings is 1. The summed E-state index contributed by atoms with van der Waals surface area (Å²) in [7, 11) is 1.38. The highest BCUT2D eigenvalue weighted by Crippen LogP contribution is 2.21. The van der Waals surface area contributed by atoms with Crippen LogP contribution in [0.3, 0.4) is 0 Å². The summed E-state index contributed by atoms with van der Waals surface area (Å²) in [4.78, 5) is 15.9. The first-order chi connectivity index (χ1) is 9.02. The lowest BCUT2D eigenvalue weighted by Gasteiger charge is -2.09. The zero-order valence-corrected chi connectivity index (χ0v) is 11.9. The van der Waals surface area contributed by atoms with Crippen LogP contribution in [0.4, 0.5) is 4.79 Å². The zero-order chi connectivity index (χ0) is 14.0. The van der Waals surface area contributed by atoms with Crippen molar-refractivity contribution in [3.63, 3.8) is 0 Å². The maximum Gasteiger partial charge on any atom is 0.419 e. The largest absolute Gasteiger partial charge is 0.452 e. The molecule has 0 N–H and O–H groups in total. The molecule has 4 heteroatoms. The average molecular weight is 260 g/mol. The predicted molar refractivity (Wildman–Crippen MR) is 75.4 cm³/mol. The maximum atomic E-state index is 11.7. The van der Waals surface area contributed by atoms with Gasteiger partial charge < -0.3 is 4.74 Å². The number of fused-ring (bicyclic) bond motifs is 1. The smallest absolute Gasteiger partial charge is 0.419 e. The number of methoxy groups -OCH3 is 1. The van der Waals surface area contributed by atoms with Crippen LogP contribution in [0.2, 0.25) is 0 Å². The number of ether oxygens (including phenoxy) is 1. The summed E-state index contributed by atoms with van der Waals surface area (Å²) in [5, 5.41) is 0. The van der Waals surface area contributed by atoms with Gasteiger partial charge in [0.25, 0.3) is 0 Å². The molecule has 0 saturated carbocycles. The molecule has 0 amide bonds. The molecule has 1 aromatic heterocycles. The molecule has 102 valence electrons. The van der Waals surface area contributed by atoms with Crippen molar-refractivity contribution < 1.29 is 9.53 Å². The summed E-state index contributed by atoms with van der Waals surface area (Å²) in [6.45, 7) is 6.52. The van der Waals surface area contributed by atoms with Crippen molar-refractivity contribution in [3.8, 4) is 0 Å². The van der Waals surface area contributed by atoms with Gasteiger partial charge in [-0.1, -0.05) is 13.8 Å². The summed E-state index contributed by atoms with van der Waals surface area (Å²) in [5.41, 5.74) is 4.14. The summed E-state index contributed by atoms with van der Waals surface area (Å²) in [5.74, 6) is 0.667. The highest BCUT2D eigenvalue weighted by molar-refractivity contribution is 5.87. The van der Waals surface area contributed by atoms with Gasteiger partial charge >= 0.3 is 6.09 Å². The molecule has 0 radical (unpaired) electrons. The zero-order valence-electron chi connectivity index (χ0n) is 11.9. The van der Waals surface area contributed by atoms with E-state index in [0.29, 0.717) is 5.92 Å². The normalized spacial score (nSPS) is 11.2. The topological polar surface area (TPSA) is 44.1 Å². The predicted octanol–water partition coefficient (Wildman–Crippen LogP) is 3.55. The molecule has 0 atom stereocenters. The monoisotopic (exact) mass is 260 g/mol. The lowest BCUT2D eigenvalue weighted by molar-refractivity contribution is 0.174. The molecular formula is C15H20N2O2. The summed E-state index contributed by atoms with van der Waals surface area (Å²) >= 11 is 0. The van der Waals surface area contributed by atoms with E-state index in [4.69, 9.17) is 4.74 Å². The summed E-state index contributed by atoms with van der Waals surface area (Å²) in [6, 6.07) is 4.08. The van der Waals surface area contributed by atoms with E-state index in [-0.39, 0.29) is 0 Å². The number of imidazole rings is 1. The number of carbonyl (C=O) groups excluding carboxylic acids is 1. The van der Waals surface area contributed by atoms with Crippen molar-refractivity contribution in [3.05, 3.63) is 29.6 Å². The van der Waals surface area contributed by atoms with Gasteiger partial charge in [0, 0.05) is 0 Å². The van der Waals surface area contributed by atoms with Crippen molar-refractivity contribution in [2.45, 2.75) is 33.6 Å². The van der Waals surface area contributed by atoms with Crippen molar-refractivity contribution in [2.75, 3.05) is 7.11 Å². The molecule has 0 aliphatic rings. The Morgan fingerprint density at radius 3 is 2.79 bits per heavy atom. The third kappa shape index (κ3) is 2.78. The number of hydrogen-bond acceptors (Lipinski definition) is 3. The number of rotatable bonds is 3. The molecule has 19 heavy (non-hydrogen) atoms. The first kappa shape index (κ1) is 13.6. The number of hydrogen-bond donors (Lipinski definition) is 0. The summed E-state index contributed by atoms with van der Waals surface area (Å²) in [6.07, 6.45) is 3.27. The van der Waals surface area contributed by atoms with Gasteiger partial charge in [-0.15, -0.1) is 0 Å². The highest BCUT2D eigenvalue weighted by Gasteiger charge is 2.12. The van der Waals surface area contributed by atoms with E-state index in [2.05, 4.69) is 31.8 Å². The van der Waals surface area contributed by atoms with E-state index in [0.717, 1.165) is 23.9 Å². The summed E-state index contributed by atoms with van der Waals surface area (Å²) < 4.78 is 6.21. The molecule has 1 aromatic carbocycles. The van der Waals surface area contributed by atoms with Crippen molar-refractivity contribution in [1.29, 1.82) is 0 Å². The molecule has 0 spiro atoms. The SMILES string of the molecule is COC(=O)n1cnc2cc(C)c(CCC(C)C)cc21. The Balaban J connectivity index is 2.43. The van der Waals surface area contributed by atoms with Gasteiger partial charge in [0.15, 0.2) is 0 Å². The molecule has 4 nitrogen and oxygen atoms in total. The van der Waals surface area contributed by atoms with Crippen LogP contribution in [0.25, 0.3) is 11.0 Å². The lowest BCUT2D eigenvalue weighted by Crippen LogP contribution is -2.09. The van der Waals surface area contributed by atoms with Crippen LogP contribution >= 0.6 is 0 Å². The molecule has 1 heterocycles. The van der Waals surface area contributed by atoms with Gasteiger partial charge in [0.2, 0.25) is 0 Å². The van der Waals surface area contributed by atoms with E-state index in [1.165, 1.54) is 29.1 Å². The van der Waals surface area contributed by atoms with Crippen LogP contribution in [0.1, 0.15) is 31.4 Å². The fourth-order valence-electron chi connectivity index (χ4n) is 2.16. The van der Waals surface area contributed by atoms with Crippen LogP contribution in [-0.4, -0.2) is 22.8 Å². The fraction of sp³-hybridized carbons (Fsp3) is 0.467. The van der Waals surface area contributed by atoms with E-state index in [1.54, 1.807) is 0 Å². The van der Waals surface area contributed by atoms with Crippen LogP contribution in [-0.2, 0) is 11.2 Å². The Morgan fingerprint density at radius 1 is 1.42 bits per heavy atom. The van der Waals surface area contributed by atoms with Crippen molar-refractivity contribution in [1.82, 2.24) is 9.55 Å². The van der Waals surface area contributed by atoms with E-state index in [1.807, 2.05) is 6.07 Å². The molecule has 0 bridgehead atoms. The first-order valence-electron chi connectivity index (χ1n) is 6.57. The number of carbonyl (C=O) groups is 1. The second-order valence-electron chi connectivity index (χ2n) is 5.28. The first-order valence-corrected chi connectivity index (χ1v) is 6.57. The molecule has 0 aliphatic carbocycles. The second kappa shape index (κ2) is 5.43. The van der Waals surface area contributed by atoms with Gasteiger partial charge in [0.1, 0.15) is 6.33 Å². The minimum atomic E-state index is -0.402. The quantitative estimate of drug-likeness (QED) is 0.847. The van der Waals surface area contributed by atoms with Gasteiger partial charge in [-0.3, -0.25) is 0 Å². The van der Waals surface area contributed by atoms with Crippen molar-refractivity contribution in [2.24, 2.45) is 5.92 Å². The third-order valence-corrected chi connectivity index (χ3v) is 3.37. The average Bonchev–Trinajstić information content (AvgIpc) is 2.77. The van der Waals surface area contributed by atoms with Crippen molar-refractivity contribution >= 4 is 17.1 Å². The van der Waals surface area contributed by atoms with Gasteiger partial charge in [0.05, 0.1) is 18.1 Å². The van der Waals surface area contributed by atoms with E-state index >= 15 is 0 Å². The Labute approximate surface area is 113 Å². The van der Waals surface area contributed by atoms with Crippen LogP contribution in [0.5, 0.6) is 0 Å². The van der Waals surface area contributed by atoms with Crippen LogP contribution in [0, 0.1) is 12.8 Å². The molecular weight excluding hydrogens is 240 g/mol. The number of aromatic nitrogens is 2. The van der Waals surface area contributed by atoms with Gasteiger partial charge in [-0.25, -0.2) is 14.3 Å². The molecule has 0 saturated heterocycles. The number of aryl methyl sites for hydroxylation is 2. The minimum absolute atomic E-state index is 0.402. The van der Waals surface area contributed by atoms with E-state index < -0.39 is 6.09 Å². The third-order valence-electron chi connectivity index (χ3n) is 3.37. The van der Waals surface area contributed by atoms with Crippen LogP contribution < -0.4 is 0 Å². The Hall–Kier alpha value is -1.84. The standard InChI is InChI=1S/C15H20N2O2/c1-10(2)5-6-12-8-14-13(7-11(12)3)16-9-17(14)15(18)19-4/h7-10H,5-6H2,1-4H3. The number of nitrogens with zero attached hydrogens (tertiary/aromatic N) is 2. The Morgan fingerprint density at radius 2 is 2.16 bits per heavy atom. The van der Waals surface area contributed by atoms with E-state index in [9.17, 15) is 4.79 Å². The fourth-order valence-corrected chi connectivity index (χ4v) is 2.16. The molecule has 2 rings (SSSR count). The van der Waals surface area contributed by atoms with Crippen LogP contribution in [0.15, 0.2) is 18.5 Å². The Bertz CT molecular complexity index is 599. The highest BCUT2D eigenvalue weighted by atomic mass is 16.5.